The van der Waals surface area contributed by atoms with E-state index in [0.717, 1.165) is 50.4 Å². The third-order valence-electron chi connectivity index (χ3n) is 12.7. The molecule has 290 valence electrons. The second-order valence-electron chi connectivity index (χ2n) is 16.1. The molecule has 0 saturated carbocycles. The van der Waals surface area contributed by atoms with E-state index in [2.05, 4.69) is 235 Å². The van der Waals surface area contributed by atoms with Crippen molar-refractivity contribution in [3.05, 3.63) is 259 Å². The number of hydrogen-bond donors (Lipinski definition) is 0. The number of fused-ring (bicyclic) bond motifs is 6. The van der Waals surface area contributed by atoms with Crippen molar-refractivity contribution in [3.63, 3.8) is 0 Å². The second kappa shape index (κ2) is 14.5. The third kappa shape index (κ3) is 5.59. The van der Waals surface area contributed by atoms with Crippen LogP contribution >= 0.6 is 0 Å². The Morgan fingerprint density at radius 1 is 0.323 bits per heavy atom. The molecule has 0 amide bonds. The van der Waals surface area contributed by atoms with Crippen molar-refractivity contribution in [2.75, 3.05) is 0 Å². The average molecular weight is 790 g/mol. The molecule has 62 heavy (non-hydrogen) atoms. The summed E-state index contributed by atoms with van der Waals surface area (Å²) in [5.41, 5.74) is 17.3. The average Bonchev–Trinajstić information content (AvgIpc) is 3.85. The van der Waals surface area contributed by atoms with Gasteiger partial charge < -0.3 is 4.57 Å². The SMILES string of the molecule is c1ccc(-c2cc(-c3cc4c(cc3-c3ccc5c6ccccc6n(-c6ccccc6)c5c3)-c3ccccc3C4(c3ccccc3)c3ccccc3)nc(-c3ccccc3)n2)cc1. The molecule has 0 N–H and O–H groups in total. The summed E-state index contributed by atoms with van der Waals surface area (Å²) < 4.78 is 2.40. The summed E-state index contributed by atoms with van der Waals surface area (Å²) in [4.78, 5) is 10.7. The van der Waals surface area contributed by atoms with E-state index in [9.17, 15) is 0 Å². The first-order chi connectivity index (χ1) is 30.8. The number of benzene rings is 9. The topological polar surface area (TPSA) is 30.7 Å². The standard InChI is InChI=1S/C59H39N3/c1-6-20-40(21-7-1)54-39-55(61-58(60-54)41-22-8-2-9-23-41)51-38-53-50(46-30-16-18-32-52(46)59(53,43-24-10-3-11-25-43)44-26-12-4-13-27-44)37-49(51)42-34-35-48-47-31-17-19-33-56(47)62(57(48)36-42)45-28-14-5-15-29-45/h1-39H. The molecule has 0 spiro atoms. The Morgan fingerprint density at radius 2 is 0.887 bits per heavy atom. The Bertz CT molecular complexity index is 3330. The van der Waals surface area contributed by atoms with Gasteiger partial charge in [-0.1, -0.05) is 194 Å². The number of para-hydroxylation sites is 2. The highest BCUT2D eigenvalue weighted by Gasteiger charge is 2.46. The van der Waals surface area contributed by atoms with Gasteiger partial charge in [0.1, 0.15) is 0 Å². The first-order valence-corrected chi connectivity index (χ1v) is 21.2. The minimum atomic E-state index is -0.580. The van der Waals surface area contributed by atoms with Crippen LogP contribution in [0, 0.1) is 0 Å². The van der Waals surface area contributed by atoms with Crippen LogP contribution < -0.4 is 0 Å². The maximum atomic E-state index is 5.50. The van der Waals surface area contributed by atoms with E-state index in [4.69, 9.17) is 9.97 Å². The molecule has 3 heteroatoms. The zero-order valence-corrected chi connectivity index (χ0v) is 33.9. The van der Waals surface area contributed by atoms with Crippen LogP contribution in [0.3, 0.4) is 0 Å². The normalized spacial score (nSPS) is 12.6. The highest BCUT2D eigenvalue weighted by atomic mass is 15.0. The Morgan fingerprint density at radius 3 is 1.60 bits per heavy atom. The molecule has 0 unspecified atom stereocenters. The fraction of sp³-hybridized carbons (Fsp3) is 0.0169. The number of hydrogen-bond acceptors (Lipinski definition) is 2. The molecule has 0 atom stereocenters. The maximum absolute atomic E-state index is 5.50. The lowest BCUT2D eigenvalue weighted by Gasteiger charge is -2.34. The summed E-state index contributed by atoms with van der Waals surface area (Å²) in [6.07, 6.45) is 0. The fourth-order valence-corrected chi connectivity index (χ4v) is 9.99. The van der Waals surface area contributed by atoms with E-state index in [1.807, 2.05) is 6.07 Å². The molecule has 3 nitrogen and oxygen atoms in total. The van der Waals surface area contributed by atoms with E-state index in [1.54, 1.807) is 0 Å². The quantitative estimate of drug-likeness (QED) is 0.161. The number of rotatable bonds is 7. The molecule has 1 aliphatic rings. The van der Waals surface area contributed by atoms with Crippen LogP contribution in [-0.2, 0) is 5.41 Å². The van der Waals surface area contributed by atoms with E-state index >= 15 is 0 Å². The van der Waals surface area contributed by atoms with Crippen molar-refractivity contribution in [2.45, 2.75) is 5.41 Å². The molecule has 2 heterocycles. The minimum Gasteiger partial charge on any atom is -0.309 e. The highest BCUT2D eigenvalue weighted by Crippen LogP contribution is 2.58. The number of nitrogens with zero attached hydrogens (tertiary/aromatic N) is 3. The van der Waals surface area contributed by atoms with Gasteiger partial charge in [-0.3, -0.25) is 0 Å². The van der Waals surface area contributed by atoms with Gasteiger partial charge in [0, 0.05) is 33.2 Å². The van der Waals surface area contributed by atoms with Crippen molar-refractivity contribution in [1.82, 2.24) is 14.5 Å². The molecule has 0 saturated heterocycles. The molecule has 11 aromatic rings. The summed E-state index contributed by atoms with van der Waals surface area (Å²) in [5.74, 6) is 0.689. The van der Waals surface area contributed by atoms with Crippen molar-refractivity contribution in [1.29, 1.82) is 0 Å². The lowest BCUT2D eigenvalue weighted by molar-refractivity contribution is 0.769. The summed E-state index contributed by atoms with van der Waals surface area (Å²) >= 11 is 0. The zero-order valence-electron chi connectivity index (χ0n) is 33.9. The van der Waals surface area contributed by atoms with Crippen molar-refractivity contribution >= 4 is 21.8 Å². The Kier molecular flexibility index (Phi) is 8.39. The second-order valence-corrected chi connectivity index (χ2v) is 16.1. The van der Waals surface area contributed by atoms with Crippen molar-refractivity contribution in [3.8, 4) is 61.8 Å². The monoisotopic (exact) mass is 789 g/mol. The largest absolute Gasteiger partial charge is 0.309 e. The van der Waals surface area contributed by atoms with Crippen LogP contribution in [0.15, 0.2) is 237 Å². The Hall–Kier alpha value is -8.14. The Labute approximate surface area is 360 Å². The Balaban J connectivity index is 1.21. The molecule has 0 radical (unpaired) electrons. The first kappa shape index (κ1) is 35.8. The summed E-state index contributed by atoms with van der Waals surface area (Å²) in [6, 6.07) is 85.3. The van der Waals surface area contributed by atoms with Crippen molar-refractivity contribution in [2.24, 2.45) is 0 Å². The molecule has 0 fully saturated rings. The lowest BCUT2D eigenvalue weighted by Crippen LogP contribution is -2.28. The predicted molar refractivity (Wildman–Crippen MR) is 255 cm³/mol. The first-order valence-electron chi connectivity index (χ1n) is 21.2. The summed E-state index contributed by atoms with van der Waals surface area (Å²) in [7, 11) is 0. The fourth-order valence-electron chi connectivity index (χ4n) is 9.99. The smallest absolute Gasteiger partial charge is 0.160 e. The summed E-state index contributed by atoms with van der Waals surface area (Å²) in [6.45, 7) is 0. The molecular formula is C59H39N3. The predicted octanol–water partition coefficient (Wildman–Crippen LogP) is 14.6. The van der Waals surface area contributed by atoms with E-state index in [-0.39, 0.29) is 0 Å². The van der Waals surface area contributed by atoms with Crippen LogP contribution in [0.4, 0.5) is 0 Å². The van der Waals surface area contributed by atoms with Crippen LogP contribution in [0.25, 0.3) is 83.6 Å². The van der Waals surface area contributed by atoms with Gasteiger partial charge in [0.25, 0.3) is 0 Å². The molecule has 0 bridgehead atoms. The molecule has 1 aliphatic carbocycles. The summed E-state index contributed by atoms with van der Waals surface area (Å²) in [5, 5.41) is 2.44. The molecule has 0 aliphatic heterocycles. The zero-order chi connectivity index (χ0) is 41.0. The van der Waals surface area contributed by atoms with Gasteiger partial charge in [-0.2, -0.15) is 0 Å². The van der Waals surface area contributed by atoms with E-state index in [1.165, 1.54) is 49.7 Å². The lowest BCUT2D eigenvalue weighted by atomic mass is 9.67. The molecular weight excluding hydrogens is 751 g/mol. The van der Waals surface area contributed by atoms with Gasteiger partial charge in [-0.05, 0) is 87.0 Å². The van der Waals surface area contributed by atoms with Crippen molar-refractivity contribution < 1.29 is 0 Å². The molecule has 12 rings (SSSR count). The van der Waals surface area contributed by atoms with Gasteiger partial charge in [0.15, 0.2) is 5.82 Å². The number of aromatic nitrogens is 3. The highest BCUT2D eigenvalue weighted by molar-refractivity contribution is 6.10. The van der Waals surface area contributed by atoms with Gasteiger partial charge in [0.2, 0.25) is 0 Å². The minimum absolute atomic E-state index is 0.580. The van der Waals surface area contributed by atoms with Crippen LogP contribution in [0.1, 0.15) is 22.3 Å². The van der Waals surface area contributed by atoms with Crippen LogP contribution in [0.2, 0.25) is 0 Å². The van der Waals surface area contributed by atoms with Crippen LogP contribution in [0.5, 0.6) is 0 Å². The van der Waals surface area contributed by atoms with Crippen LogP contribution in [-0.4, -0.2) is 14.5 Å². The molecule has 9 aromatic carbocycles. The van der Waals surface area contributed by atoms with E-state index < -0.39 is 5.41 Å². The van der Waals surface area contributed by atoms with Gasteiger partial charge in [-0.15, -0.1) is 0 Å². The maximum Gasteiger partial charge on any atom is 0.160 e. The van der Waals surface area contributed by atoms with Gasteiger partial charge in [-0.25, -0.2) is 9.97 Å². The van der Waals surface area contributed by atoms with Gasteiger partial charge >= 0.3 is 0 Å². The van der Waals surface area contributed by atoms with E-state index in [0.29, 0.717) is 5.82 Å². The van der Waals surface area contributed by atoms with Gasteiger partial charge in [0.05, 0.1) is 27.8 Å². The third-order valence-corrected chi connectivity index (χ3v) is 12.7. The molecule has 2 aromatic heterocycles.